The van der Waals surface area contributed by atoms with Crippen LogP contribution in [0.15, 0.2) is 65.7 Å². The number of pyridine rings is 1. The molecule has 0 saturated carbocycles. The Morgan fingerprint density at radius 2 is 2.06 bits per heavy atom. The predicted octanol–water partition coefficient (Wildman–Crippen LogP) is 3.46. The van der Waals surface area contributed by atoms with Crippen LogP contribution in [-0.2, 0) is 4.79 Å². The van der Waals surface area contributed by atoms with Crippen molar-refractivity contribution in [1.82, 2.24) is 20.1 Å². The molecule has 1 amide bonds. The Bertz CT molecular complexity index is 1420. The number of ether oxygens (including phenoxy) is 1. The molecule has 1 aliphatic heterocycles. The van der Waals surface area contributed by atoms with Crippen LogP contribution in [0.2, 0.25) is 0 Å². The van der Waals surface area contributed by atoms with E-state index in [1.807, 2.05) is 43.3 Å². The molecule has 172 valence electrons. The predicted molar refractivity (Wildman–Crippen MR) is 132 cm³/mol. The first-order valence-corrected chi connectivity index (χ1v) is 11.2. The van der Waals surface area contributed by atoms with Crippen LogP contribution in [0, 0.1) is 6.92 Å². The van der Waals surface area contributed by atoms with Gasteiger partial charge in [-0.25, -0.2) is 4.98 Å². The van der Waals surface area contributed by atoms with E-state index in [1.54, 1.807) is 25.4 Å². The van der Waals surface area contributed by atoms with Crippen LogP contribution in [0.25, 0.3) is 27.7 Å². The molecule has 1 aliphatic rings. The number of aromatic nitrogens is 3. The number of hydrogen-bond donors (Lipinski definition) is 2. The lowest BCUT2D eigenvalue weighted by Crippen LogP contribution is -2.35. The third-order valence-electron chi connectivity index (χ3n) is 6.21. The normalized spacial score (nSPS) is 15.4. The highest BCUT2D eigenvalue weighted by Crippen LogP contribution is 2.31. The molecule has 0 bridgehead atoms. The first-order chi connectivity index (χ1) is 16.5. The Morgan fingerprint density at radius 3 is 2.79 bits per heavy atom. The summed E-state index contributed by atoms with van der Waals surface area (Å²) in [7, 11) is 1.65. The Morgan fingerprint density at radius 1 is 1.18 bits per heavy atom. The average Bonchev–Trinajstić information content (AvgIpc) is 3.40. The van der Waals surface area contributed by atoms with E-state index < -0.39 is 0 Å². The molecule has 34 heavy (non-hydrogen) atoms. The number of nitrogens with one attached hydrogen (secondary N) is 2. The minimum absolute atomic E-state index is 0.0740. The number of nitrogens with zero attached hydrogens (tertiary/aromatic N) is 3. The molecule has 3 heterocycles. The van der Waals surface area contributed by atoms with E-state index in [9.17, 15) is 9.59 Å². The van der Waals surface area contributed by atoms with Gasteiger partial charge in [0.15, 0.2) is 5.82 Å². The Balaban J connectivity index is 1.43. The molecule has 0 unspecified atom stereocenters. The van der Waals surface area contributed by atoms with Crippen molar-refractivity contribution in [1.29, 1.82) is 0 Å². The van der Waals surface area contributed by atoms with Gasteiger partial charge >= 0.3 is 0 Å². The largest absolute Gasteiger partial charge is 0.496 e. The number of rotatable bonds is 5. The van der Waals surface area contributed by atoms with Gasteiger partial charge in [-0.15, -0.1) is 0 Å². The van der Waals surface area contributed by atoms with Crippen LogP contribution < -0.4 is 20.9 Å². The highest BCUT2D eigenvalue weighted by molar-refractivity contribution is 5.95. The molecular weight excluding hydrogens is 430 g/mol. The van der Waals surface area contributed by atoms with Gasteiger partial charge in [-0.1, -0.05) is 18.2 Å². The minimum atomic E-state index is -0.258. The highest BCUT2D eigenvalue weighted by atomic mass is 16.5. The van der Waals surface area contributed by atoms with Crippen LogP contribution in [0.1, 0.15) is 18.4 Å². The van der Waals surface area contributed by atoms with Crippen LogP contribution >= 0.6 is 0 Å². The fourth-order valence-electron chi connectivity index (χ4n) is 4.35. The van der Waals surface area contributed by atoms with Gasteiger partial charge in [0, 0.05) is 5.39 Å². The van der Waals surface area contributed by atoms with E-state index >= 15 is 0 Å². The summed E-state index contributed by atoms with van der Waals surface area (Å²) >= 11 is 0. The summed E-state index contributed by atoms with van der Waals surface area (Å²) in [6.45, 7) is 2.86. The van der Waals surface area contributed by atoms with Crippen LogP contribution in [0.4, 0.5) is 5.69 Å². The zero-order valence-corrected chi connectivity index (χ0v) is 19.0. The lowest BCUT2D eigenvalue weighted by Gasteiger charge is -2.12. The maximum absolute atomic E-state index is 13.1. The van der Waals surface area contributed by atoms with Gasteiger partial charge in [-0.2, -0.15) is 9.78 Å². The third kappa shape index (κ3) is 4.04. The topological polar surface area (TPSA) is 98.1 Å². The maximum Gasteiger partial charge on any atom is 0.280 e. The van der Waals surface area contributed by atoms with Crippen molar-refractivity contribution in [2.75, 3.05) is 19.0 Å². The Hall–Kier alpha value is -4.04. The fourth-order valence-corrected chi connectivity index (χ4v) is 4.35. The lowest BCUT2D eigenvalue weighted by atomic mass is 9.98. The number of carbonyl (C=O) groups is 1. The zero-order chi connectivity index (χ0) is 23.7. The smallest absolute Gasteiger partial charge is 0.280 e. The van der Waals surface area contributed by atoms with E-state index in [1.165, 1.54) is 10.9 Å². The van der Waals surface area contributed by atoms with Crippen LogP contribution in [0.5, 0.6) is 5.75 Å². The summed E-state index contributed by atoms with van der Waals surface area (Å²) in [6.07, 6.45) is 5.02. The summed E-state index contributed by atoms with van der Waals surface area (Å²) in [5.41, 5.74) is 3.38. The second kappa shape index (κ2) is 9.07. The summed E-state index contributed by atoms with van der Waals surface area (Å²) < 4.78 is 6.70. The molecule has 2 aromatic heterocycles. The standard InChI is InChI=1S/C26H25N5O3/c1-16-20(5-3-7-23(16)34-2)17-8-10-21-18(13-17)14-29-31(26(21)33)24-11-9-19(15-28-24)30-25(32)22-6-4-12-27-22/h3,5,7-11,13-15,22,27H,4,6,12H2,1-2H3,(H,30,32)/t22-/m0/s1. The number of fused-ring (bicyclic) bond motifs is 1. The minimum Gasteiger partial charge on any atom is -0.496 e. The fraction of sp³-hybridized carbons (Fsp3) is 0.231. The van der Waals surface area contributed by atoms with Crippen molar-refractivity contribution in [3.05, 3.63) is 76.8 Å². The Kier molecular flexibility index (Phi) is 5.81. The van der Waals surface area contributed by atoms with Gasteiger partial charge in [0.05, 0.1) is 36.6 Å². The number of hydrogen-bond acceptors (Lipinski definition) is 6. The van der Waals surface area contributed by atoms with Gasteiger partial charge in [0.2, 0.25) is 5.91 Å². The van der Waals surface area contributed by atoms with E-state index in [0.29, 0.717) is 16.9 Å². The number of methoxy groups -OCH3 is 1. The number of amides is 1. The van der Waals surface area contributed by atoms with Crippen molar-refractivity contribution in [2.24, 2.45) is 0 Å². The molecule has 0 aliphatic carbocycles. The summed E-state index contributed by atoms with van der Waals surface area (Å²) in [5.74, 6) is 1.13. The number of carbonyl (C=O) groups excluding carboxylic acids is 1. The maximum atomic E-state index is 13.1. The van der Waals surface area contributed by atoms with Crippen molar-refractivity contribution in [2.45, 2.75) is 25.8 Å². The molecule has 8 nitrogen and oxygen atoms in total. The zero-order valence-electron chi connectivity index (χ0n) is 19.0. The van der Waals surface area contributed by atoms with Crippen molar-refractivity contribution >= 4 is 22.4 Å². The monoisotopic (exact) mass is 455 g/mol. The molecule has 0 spiro atoms. The molecule has 5 rings (SSSR count). The van der Waals surface area contributed by atoms with Gasteiger partial charge in [-0.3, -0.25) is 9.59 Å². The van der Waals surface area contributed by atoms with Gasteiger partial charge < -0.3 is 15.4 Å². The summed E-state index contributed by atoms with van der Waals surface area (Å²) in [6, 6.07) is 14.8. The van der Waals surface area contributed by atoms with Gasteiger partial charge in [-0.05, 0) is 73.3 Å². The second-order valence-corrected chi connectivity index (χ2v) is 8.34. The number of anilines is 1. The van der Waals surface area contributed by atoms with Gasteiger partial charge in [0.1, 0.15) is 5.75 Å². The van der Waals surface area contributed by atoms with Crippen molar-refractivity contribution in [3.63, 3.8) is 0 Å². The molecule has 4 aromatic rings. The van der Waals surface area contributed by atoms with Crippen LogP contribution in [-0.4, -0.2) is 40.4 Å². The summed E-state index contributed by atoms with van der Waals surface area (Å²) in [5, 5.41) is 11.7. The summed E-state index contributed by atoms with van der Waals surface area (Å²) in [4.78, 5) is 29.8. The molecule has 1 atom stereocenters. The van der Waals surface area contributed by atoms with E-state index in [4.69, 9.17) is 4.74 Å². The highest BCUT2D eigenvalue weighted by Gasteiger charge is 2.22. The molecular formula is C26H25N5O3. The second-order valence-electron chi connectivity index (χ2n) is 8.34. The van der Waals surface area contributed by atoms with Gasteiger partial charge in [0.25, 0.3) is 5.56 Å². The average molecular weight is 456 g/mol. The first-order valence-electron chi connectivity index (χ1n) is 11.2. The molecule has 0 radical (unpaired) electrons. The molecule has 2 N–H and O–H groups in total. The van der Waals surface area contributed by atoms with Crippen molar-refractivity contribution < 1.29 is 9.53 Å². The Labute approximate surface area is 196 Å². The van der Waals surface area contributed by atoms with E-state index in [2.05, 4.69) is 20.7 Å². The van der Waals surface area contributed by atoms with Crippen LogP contribution in [0.3, 0.4) is 0 Å². The molecule has 1 fully saturated rings. The van der Waals surface area contributed by atoms with Crippen molar-refractivity contribution in [3.8, 4) is 22.7 Å². The lowest BCUT2D eigenvalue weighted by molar-refractivity contribution is -0.117. The molecule has 1 saturated heterocycles. The van der Waals surface area contributed by atoms with E-state index in [-0.39, 0.29) is 17.5 Å². The van der Waals surface area contributed by atoms with E-state index in [0.717, 1.165) is 47.2 Å². The third-order valence-corrected chi connectivity index (χ3v) is 6.21. The molecule has 8 heteroatoms. The quantitative estimate of drug-likeness (QED) is 0.478. The number of benzene rings is 2. The first kappa shape index (κ1) is 21.8. The SMILES string of the molecule is COc1cccc(-c2ccc3c(=O)n(-c4ccc(NC(=O)[C@@H]5CCCN5)cn4)ncc3c2)c1C. The molecule has 2 aromatic carbocycles.